The highest BCUT2D eigenvalue weighted by molar-refractivity contribution is 6.77. The van der Waals surface area contributed by atoms with Gasteiger partial charge < -0.3 is 28.5 Å². The molecule has 0 amide bonds. The Labute approximate surface area is 285 Å². The molecule has 0 spiro atoms. The van der Waals surface area contributed by atoms with E-state index < -0.39 is 32.6 Å². The van der Waals surface area contributed by atoms with Crippen molar-refractivity contribution in [2.45, 2.75) is 166 Å². The van der Waals surface area contributed by atoms with Gasteiger partial charge in [0.25, 0.3) is 0 Å². The maximum atomic E-state index is 13.5. The van der Waals surface area contributed by atoms with Crippen LogP contribution in [0.1, 0.15) is 100 Å². The van der Waals surface area contributed by atoms with E-state index in [0.717, 1.165) is 31.3 Å². The number of aliphatic hydroxyl groups excluding tert-OH is 1. The van der Waals surface area contributed by atoms with Crippen LogP contribution >= 0.6 is 0 Å². The van der Waals surface area contributed by atoms with E-state index in [1.165, 1.54) is 11.6 Å². The van der Waals surface area contributed by atoms with Crippen LogP contribution < -0.4 is 0 Å². The highest BCUT2D eigenvalue weighted by atomic mass is 28.4. The molecule has 264 valence electrons. The molecule has 0 radical (unpaired) electrons. The van der Waals surface area contributed by atoms with Gasteiger partial charge in [-0.25, -0.2) is 4.79 Å². The molecule has 8 heteroatoms. The maximum Gasteiger partial charge on any atom is 0.330 e. The van der Waals surface area contributed by atoms with Gasteiger partial charge in [0.1, 0.15) is 18.3 Å². The summed E-state index contributed by atoms with van der Waals surface area (Å²) in [7, 11) is -2.39. The fourth-order valence-electron chi connectivity index (χ4n) is 8.20. The van der Waals surface area contributed by atoms with Crippen LogP contribution in [0.3, 0.4) is 0 Å². The first kappa shape index (κ1) is 38.0. The third-order valence-electron chi connectivity index (χ3n) is 10.5. The van der Waals surface area contributed by atoms with E-state index in [-0.39, 0.29) is 30.5 Å². The fourth-order valence-corrected chi connectivity index (χ4v) is 13.7. The number of carbonyl (C=O) groups is 1. The van der Waals surface area contributed by atoms with Crippen molar-refractivity contribution in [2.75, 3.05) is 6.61 Å². The quantitative estimate of drug-likeness (QED) is 0.120. The summed E-state index contributed by atoms with van der Waals surface area (Å²) in [6.45, 7) is 22.8. The van der Waals surface area contributed by atoms with Crippen LogP contribution in [0.15, 0.2) is 60.3 Å². The van der Waals surface area contributed by atoms with Gasteiger partial charge in [-0.15, -0.1) is 0 Å². The molecule has 0 aromatic carbocycles. The van der Waals surface area contributed by atoms with Crippen molar-refractivity contribution in [3.8, 4) is 0 Å². The second-order valence-corrected chi connectivity index (χ2v) is 20.8. The molecule has 0 aromatic rings. The van der Waals surface area contributed by atoms with Crippen LogP contribution in [0.4, 0.5) is 0 Å². The number of hydrogen-bond donors (Lipinski definition) is 1. The molecule has 0 aromatic heterocycles. The molecule has 4 heterocycles. The van der Waals surface area contributed by atoms with Crippen molar-refractivity contribution in [1.29, 1.82) is 0 Å². The van der Waals surface area contributed by atoms with Crippen LogP contribution in [0.5, 0.6) is 0 Å². The Hall–Kier alpha value is -1.81. The Morgan fingerprint density at radius 3 is 2.40 bits per heavy atom. The first-order valence-corrected chi connectivity index (χ1v) is 20.2. The average Bonchev–Trinajstić information content (AvgIpc) is 3.75. The SMILES string of the molecule is C=C1C[C@H](C)C[C@@H]2CC=C[C@@H](CC=CC(=O)O[C@H]([C@H](C=C[C@@H]3CC(C)=CCO3)O[Si](C(C)C)(C(C)C)C(C)C)C[C@@H]3O[C@H]3[C@@H](O)C1)O2. The minimum atomic E-state index is -2.39. The summed E-state index contributed by atoms with van der Waals surface area (Å²) in [4.78, 5) is 13.5. The number of fused-ring (bicyclic) bond motifs is 3. The number of cyclic esters (lactones) is 1. The van der Waals surface area contributed by atoms with Gasteiger partial charge in [-0.2, -0.15) is 0 Å². The van der Waals surface area contributed by atoms with Crippen LogP contribution in [0.25, 0.3) is 0 Å². The lowest BCUT2D eigenvalue weighted by molar-refractivity contribution is -0.147. The first-order valence-electron chi connectivity index (χ1n) is 18.1. The Kier molecular flexibility index (Phi) is 13.9. The lowest BCUT2D eigenvalue weighted by atomic mass is 9.91. The van der Waals surface area contributed by atoms with E-state index in [9.17, 15) is 9.90 Å². The van der Waals surface area contributed by atoms with Crippen molar-refractivity contribution in [1.82, 2.24) is 0 Å². The molecule has 0 aliphatic carbocycles. The number of ether oxygens (including phenoxy) is 4. The third-order valence-corrected chi connectivity index (χ3v) is 16.6. The number of aliphatic hydroxyl groups is 1. The van der Waals surface area contributed by atoms with Crippen LogP contribution in [0, 0.1) is 5.92 Å². The normalized spacial score (nSPS) is 33.8. The molecule has 4 aliphatic rings. The summed E-state index contributed by atoms with van der Waals surface area (Å²) >= 11 is 0. The molecule has 0 unspecified atom stereocenters. The second-order valence-electron chi connectivity index (χ2n) is 15.4. The van der Waals surface area contributed by atoms with Crippen LogP contribution in [0.2, 0.25) is 16.6 Å². The van der Waals surface area contributed by atoms with Gasteiger partial charge in [0, 0.05) is 12.5 Å². The predicted molar refractivity (Wildman–Crippen MR) is 191 cm³/mol. The number of esters is 1. The molecule has 9 atom stereocenters. The van der Waals surface area contributed by atoms with Gasteiger partial charge >= 0.3 is 5.97 Å². The molecular weight excluding hydrogens is 609 g/mol. The van der Waals surface area contributed by atoms with Crippen LogP contribution in [-0.2, 0) is 28.2 Å². The summed E-state index contributed by atoms with van der Waals surface area (Å²) in [5.74, 6) is -0.0196. The monoisotopic (exact) mass is 670 g/mol. The summed E-state index contributed by atoms with van der Waals surface area (Å²) in [6, 6.07) is 0. The molecule has 4 aliphatic heterocycles. The van der Waals surface area contributed by atoms with Gasteiger partial charge in [-0.3, -0.25) is 0 Å². The van der Waals surface area contributed by atoms with E-state index in [1.807, 2.05) is 6.08 Å². The van der Waals surface area contributed by atoms with Crippen molar-refractivity contribution >= 4 is 14.3 Å². The van der Waals surface area contributed by atoms with Gasteiger partial charge in [-0.05, 0) is 68.0 Å². The van der Waals surface area contributed by atoms with Crippen molar-refractivity contribution in [3.05, 3.63) is 60.3 Å². The molecule has 7 nitrogen and oxygen atoms in total. The zero-order chi connectivity index (χ0) is 34.3. The average molecular weight is 671 g/mol. The van der Waals surface area contributed by atoms with E-state index in [0.29, 0.717) is 48.4 Å². The van der Waals surface area contributed by atoms with E-state index in [4.69, 9.17) is 23.4 Å². The van der Waals surface area contributed by atoms with Crippen molar-refractivity contribution in [2.24, 2.45) is 5.92 Å². The molecule has 2 bridgehead atoms. The third kappa shape index (κ3) is 10.6. The standard InChI is InChI=1S/C39H62O7Si/c1-25(2)47(26(3)4,27(5)6)46-35(17-16-32-21-28(7)18-19-42-32)36-24-37-39(45-37)34(40)23-30(9)20-29(8)22-33-14-10-12-31(43-33)13-11-15-38(41)44-36/h10-12,15-18,25-27,29,31-37,39-40H,9,13-14,19-24H2,1-8H3/t29-,31-,32+,33-,34-,35-,36-,37-,39-/m0/s1. The number of carbonyl (C=O) groups excluding carboxylic acids is 1. The molecule has 1 saturated heterocycles. The van der Waals surface area contributed by atoms with Gasteiger partial charge in [0.05, 0.1) is 37.1 Å². The lowest BCUT2D eigenvalue weighted by Gasteiger charge is -2.45. The molecule has 4 rings (SSSR count). The fraction of sp³-hybridized carbons (Fsp3) is 0.718. The Morgan fingerprint density at radius 1 is 1.00 bits per heavy atom. The second kappa shape index (κ2) is 17.2. The summed E-state index contributed by atoms with van der Waals surface area (Å²) in [5.41, 5.74) is 3.36. The number of epoxide rings is 1. The van der Waals surface area contributed by atoms with E-state index in [2.05, 4.69) is 92.3 Å². The summed E-state index contributed by atoms with van der Waals surface area (Å²) in [5, 5.41) is 11.2. The minimum Gasteiger partial charge on any atom is -0.456 e. The predicted octanol–water partition coefficient (Wildman–Crippen LogP) is 8.30. The Bertz CT molecular complexity index is 1150. The highest BCUT2D eigenvalue weighted by Gasteiger charge is 2.51. The number of rotatable bonds is 8. The molecular formula is C39H62O7Si. The maximum absolute atomic E-state index is 13.5. The van der Waals surface area contributed by atoms with Gasteiger partial charge in [0.2, 0.25) is 8.32 Å². The molecule has 47 heavy (non-hydrogen) atoms. The summed E-state index contributed by atoms with van der Waals surface area (Å²) in [6.07, 6.45) is 16.6. The van der Waals surface area contributed by atoms with Crippen molar-refractivity contribution in [3.63, 3.8) is 0 Å². The minimum absolute atomic E-state index is 0.0679. The van der Waals surface area contributed by atoms with Crippen LogP contribution in [-0.4, -0.2) is 74.8 Å². The Morgan fingerprint density at radius 2 is 1.72 bits per heavy atom. The molecule has 1 fully saturated rings. The van der Waals surface area contributed by atoms with Crippen molar-refractivity contribution < 1.29 is 33.3 Å². The Balaban J connectivity index is 1.65. The van der Waals surface area contributed by atoms with E-state index in [1.54, 1.807) is 0 Å². The smallest absolute Gasteiger partial charge is 0.330 e. The number of hydrogen-bond acceptors (Lipinski definition) is 7. The van der Waals surface area contributed by atoms with Gasteiger partial charge in [-0.1, -0.05) is 103 Å². The largest absolute Gasteiger partial charge is 0.456 e. The highest BCUT2D eigenvalue weighted by Crippen LogP contribution is 2.44. The first-order chi connectivity index (χ1) is 22.3. The zero-order valence-corrected chi connectivity index (χ0v) is 31.2. The topological polar surface area (TPSA) is 86.8 Å². The van der Waals surface area contributed by atoms with E-state index >= 15 is 0 Å². The zero-order valence-electron chi connectivity index (χ0n) is 30.2. The van der Waals surface area contributed by atoms with Gasteiger partial charge in [0.15, 0.2) is 0 Å². The lowest BCUT2D eigenvalue weighted by Crippen LogP contribution is -2.52. The molecule has 0 saturated carbocycles. The summed E-state index contributed by atoms with van der Waals surface area (Å²) < 4.78 is 32.2. The molecule has 1 N–H and O–H groups in total.